The first-order valence-corrected chi connectivity index (χ1v) is 34.2. The Hall–Kier alpha value is -11.3. The lowest BCUT2D eigenvalue weighted by molar-refractivity contribution is -0.398. The molecule has 0 spiro atoms. The summed E-state index contributed by atoms with van der Waals surface area (Å²) in [7, 11) is 0. The van der Waals surface area contributed by atoms with Gasteiger partial charge in [0.05, 0.1) is 33.4 Å². The van der Waals surface area contributed by atoms with Gasteiger partial charge in [0.15, 0.2) is 37.3 Å². The van der Waals surface area contributed by atoms with E-state index in [1.54, 1.807) is 0 Å². The minimum Gasteiger partial charge on any atom is -0.457 e. The van der Waals surface area contributed by atoms with Crippen molar-refractivity contribution >= 4 is 35.7 Å². The van der Waals surface area contributed by atoms with Gasteiger partial charge in [0.25, 0.3) is 0 Å². The van der Waals surface area contributed by atoms with Crippen LogP contribution in [0, 0.1) is 0 Å². The fourth-order valence-electron chi connectivity index (χ4n) is 11.3. The summed E-state index contributed by atoms with van der Waals surface area (Å²) in [5, 5.41) is 0. The number of piperazine rings is 3. The first-order valence-electron chi connectivity index (χ1n) is 34.2. The summed E-state index contributed by atoms with van der Waals surface area (Å²) in [6.45, 7) is -19.2. The summed E-state index contributed by atoms with van der Waals surface area (Å²) in [6, 6.07) is -8.33. The van der Waals surface area contributed by atoms with Gasteiger partial charge in [-0.1, -0.05) is 0 Å². The van der Waals surface area contributed by atoms with Crippen molar-refractivity contribution in [3.63, 3.8) is 0 Å². The SMILES string of the molecule is FC(F)(F)c1cc(-c2nc(OCC(F)(F)C(F)(F)C(F)(F)C(F)(F)F)nc(N3CCN(c4nc(N5CCN(c6nc(OCC(F)(F)C(F)(F)C(F)(F)C(F)(F)F)nc(-c7cc(C(F)(F)F)cc(C(F)(F)F)c7)n6)CC5)nc(N5CCN(c6nc(OCC(F)(F)C(F)(F)C(F)(F)C(F)(F)F)nc(-c7cc(C(F)(F)F)cc(C(F)(F)F)c7)n6)CC5)n4)CC3)n2)cc(C(F)(F)F)c1. The number of hydrogen-bond donors (Lipinski definition) is 0. The fourth-order valence-corrected chi connectivity index (χ4v) is 11.3. The standard InChI is InChI=1S/C63H39F45N18O3/c64-46(65,55(88,89)58(94,95)61(100,101)102)22-127-43-112-34(25-13-28(49(70,71)72)19-29(14-25)50(73,74)75)109-37(118-43)121-1-7-124(8-2-121)40-115-41(125-9-3-122(4-10-125)38-110-35(26-15-30(51(76,77)78)20-31(16-26)52(79,80)81)113-44(119-38)128-23-47(66,67)56(90,91)59(96,97)62(103,104)105)117-42(116-40)126-11-5-123(6-12-126)39-111-36(27-17-32(53(82,83)84)21-33(18-27)54(85,86)87)114-45(120-39)129-24-48(68,69)57(92,93)60(98,99)63(106,107)108/h13-21H,1-12,22-24H2. The minimum atomic E-state index is -7.60. The van der Waals surface area contributed by atoms with Crippen LogP contribution in [-0.4, -0.2) is 230 Å². The van der Waals surface area contributed by atoms with Crippen LogP contribution in [-0.2, 0) is 37.1 Å². The second-order valence-electron chi connectivity index (χ2n) is 27.2. The maximum atomic E-state index is 14.9. The van der Waals surface area contributed by atoms with Gasteiger partial charge < -0.3 is 43.6 Å². The maximum Gasteiger partial charge on any atom is 0.460 e. The Balaban J connectivity index is 1.04. The molecule has 3 aliphatic rings. The molecule has 3 saturated heterocycles. The Kier molecular flexibility index (Phi) is 25.8. The molecule has 3 fully saturated rings. The largest absolute Gasteiger partial charge is 0.460 e. The van der Waals surface area contributed by atoms with E-state index >= 15 is 0 Å². The molecule has 10 rings (SSSR count). The molecule has 0 N–H and O–H groups in total. The topological polar surface area (TPSA) is 202 Å². The van der Waals surface area contributed by atoms with E-state index in [1.165, 1.54) is 0 Å². The van der Waals surface area contributed by atoms with Gasteiger partial charge in [-0.3, -0.25) is 0 Å². The summed E-state index contributed by atoms with van der Waals surface area (Å²) >= 11 is 0. The zero-order valence-corrected chi connectivity index (χ0v) is 61.6. The normalized spacial score (nSPS) is 16.3. The Morgan fingerprint density at radius 3 is 0.496 bits per heavy atom. The van der Waals surface area contributed by atoms with E-state index in [9.17, 15) is 198 Å². The van der Waals surface area contributed by atoms with Crippen molar-refractivity contribution in [2.45, 2.75) is 109 Å². The van der Waals surface area contributed by atoms with Crippen LogP contribution in [0.2, 0.25) is 0 Å². The molecule has 7 heterocycles. The van der Waals surface area contributed by atoms with Crippen molar-refractivity contribution < 1.29 is 212 Å². The monoisotopic (exact) mass is 1950 g/mol. The predicted molar refractivity (Wildman–Crippen MR) is 338 cm³/mol. The molecule has 0 unspecified atom stereocenters. The van der Waals surface area contributed by atoms with Gasteiger partial charge in [0, 0.05) is 95.2 Å². The molecule has 21 nitrogen and oxygen atoms in total. The molecule has 714 valence electrons. The highest BCUT2D eigenvalue weighted by atomic mass is 19.5. The first kappa shape index (κ1) is 99.9. The quantitative estimate of drug-likeness (QED) is 0.0516. The van der Waals surface area contributed by atoms with E-state index in [0.29, 0.717) is 0 Å². The van der Waals surface area contributed by atoms with Gasteiger partial charge in [0.2, 0.25) is 35.7 Å². The summed E-state index contributed by atoms with van der Waals surface area (Å²) in [5.41, 5.74) is -17.5. The van der Waals surface area contributed by atoms with Crippen LogP contribution < -0.4 is 43.6 Å². The number of aromatic nitrogens is 12. The highest BCUT2D eigenvalue weighted by molar-refractivity contribution is 5.64. The van der Waals surface area contributed by atoms with E-state index < -0.39 is 347 Å². The third-order valence-corrected chi connectivity index (χ3v) is 18.3. The molecular formula is C63H39F45N18O3. The zero-order valence-electron chi connectivity index (χ0n) is 61.6. The van der Waals surface area contributed by atoms with E-state index in [1.807, 2.05) is 0 Å². The molecule has 7 aromatic rings. The molecule has 3 aliphatic heterocycles. The van der Waals surface area contributed by atoms with Crippen molar-refractivity contribution in [3.8, 4) is 52.2 Å². The number of alkyl halides is 45. The average molecular weight is 1950 g/mol. The Labute approximate surface area is 683 Å². The molecule has 0 saturated carbocycles. The second kappa shape index (κ2) is 33.3. The molecule has 4 aromatic heterocycles. The fraction of sp³-hybridized carbons (Fsp3) is 0.524. The van der Waals surface area contributed by atoms with Crippen LogP contribution in [0.5, 0.6) is 18.0 Å². The molecule has 0 radical (unpaired) electrons. The van der Waals surface area contributed by atoms with Gasteiger partial charge in [-0.15, -0.1) is 0 Å². The van der Waals surface area contributed by atoms with Gasteiger partial charge in [-0.05, 0) is 54.6 Å². The Morgan fingerprint density at radius 1 is 0.194 bits per heavy atom. The number of nitrogens with zero attached hydrogens (tertiary/aromatic N) is 18. The van der Waals surface area contributed by atoms with Crippen molar-refractivity contribution in [2.75, 3.05) is 128 Å². The van der Waals surface area contributed by atoms with Crippen LogP contribution >= 0.6 is 0 Å². The number of halogens is 45. The number of anilines is 6. The molecule has 0 bridgehead atoms. The van der Waals surface area contributed by atoms with Crippen LogP contribution in [0.4, 0.5) is 233 Å². The van der Waals surface area contributed by atoms with Gasteiger partial charge in [0.1, 0.15) is 0 Å². The van der Waals surface area contributed by atoms with Crippen LogP contribution in [0.3, 0.4) is 0 Å². The van der Waals surface area contributed by atoms with Gasteiger partial charge in [-0.2, -0.15) is 257 Å². The van der Waals surface area contributed by atoms with Crippen LogP contribution in [0.15, 0.2) is 54.6 Å². The minimum absolute atomic E-state index is 0.161. The number of hydrogen-bond acceptors (Lipinski definition) is 21. The van der Waals surface area contributed by atoms with E-state index in [-0.39, 0.29) is 36.4 Å². The highest BCUT2D eigenvalue weighted by Crippen LogP contribution is 2.57. The molecule has 3 aromatic carbocycles. The van der Waals surface area contributed by atoms with Crippen molar-refractivity contribution in [1.29, 1.82) is 0 Å². The molecule has 0 atom stereocenters. The third kappa shape index (κ3) is 20.5. The number of benzene rings is 3. The second-order valence-corrected chi connectivity index (χ2v) is 27.2. The van der Waals surface area contributed by atoms with Crippen molar-refractivity contribution in [3.05, 3.63) is 88.0 Å². The van der Waals surface area contributed by atoms with Crippen molar-refractivity contribution in [2.24, 2.45) is 0 Å². The zero-order chi connectivity index (χ0) is 97.2. The summed E-state index contributed by atoms with van der Waals surface area (Å²) in [4.78, 5) is 49.3. The smallest absolute Gasteiger partial charge is 0.457 e. The van der Waals surface area contributed by atoms with E-state index in [4.69, 9.17) is 0 Å². The van der Waals surface area contributed by atoms with Gasteiger partial charge in [-0.25, -0.2) is 0 Å². The molecule has 129 heavy (non-hydrogen) atoms. The average Bonchev–Trinajstić information content (AvgIpc) is 0.746. The third-order valence-electron chi connectivity index (χ3n) is 18.3. The number of ether oxygens (including phenoxy) is 3. The van der Waals surface area contributed by atoms with Crippen molar-refractivity contribution in [1.82, 2.24) is 59.8 Å². The summed E-state index contributed by atoms with van der Waals surface area (Å²) in [6.07, 6.45) is -56.8. The van der Waals surface area contributed by atoms with Crippen LogP contribution in [0.25, 0.3) is 34.2 Å². The first-order chi connectivity index (χ1) is 58.3. The highest BCUT2D eigenvalue weighted by Gasteiger charge is 2.84. The summed E-state index contributed by atoms with van der Waals surface area (Å²) in [5.74, 6) is -75.4. The number of rotatable bonds is 24. The van der Waals surface area contributed by atoms with Gasteiger partial charge >= 0.3 is 127 Å². The Bertz CT molecular complexity index is 4590. The van der Waals surface area contributed by atoms with E-state index in [2.05, 4.69) is 74.0 Å². The maximum absolute atomic E-state index is 14.9. The molecule has 66 heteroatoms. The predicted octanol–water partition coefficient (Wildman–Crippen LogP) is 18.1. The lowest BCUT2D eigenvalue weighted by atomic mass is 10.0. The molecule has 0 aliphatic carbocycles. The van der Waals surface area contributed by atoms with E-state index in [0.717, 1.165) is 29.4 Å². The lowest BCUT2D eigenvalue weighted by Gasteiger charge is -2.38. The van der Waals surface area contributed by atoms with Crippen LogP contribution in [0.1, 0.15) is 33.4 Å². The lowest BCUT2D eigenvalue weighted by Crippen LogP contribution is -2.62. The Morgan fingerprint density at radius 2 is 0.349 bits per heavy atom. The summed E-state index contributed by atoms with van der Waals surface area (Å²) < 4.78 is 644. The molecule has 0 amide bonds. The molecular weight excluding hydrogens is 1910 g/mol.